The monoisotopic (exact) mass is 387 g/mol. The quantitative estimate of drug-likeness (QED) is 0.532. The molecule has 1 atom stereocenters. The van der Waals surface area contributed by atoms with Crippen LogP contribution >= 0.6 is 0 Å². The van der Waals surface area contributed by atoms with E-state index in [-0.39, 0.29) is 5.92 Å². The number of hydrogen-bond acceptors (Lipinski definition) is 6. The van der Waals surface area contributed by atoms with Crippen molar-refractivity contribution >= 4 is 0 Å². The van der Waals surface area contributed by atoms with Crippen LogP contribution in [0.2, 0.25) is 0 Å². The van der Waals surface area contributed by atoms with Gasteiger partial charge in [0.25, 0.3) is 0 Å². The van der Waals surface area contributed by atoms with E-state index >= 15 is 0 Å². The van der Waals surface area contributed by atoms with E-state index in [1.807, 2.05) is 47.3 Å². The summed E-state index contributed by atoms with van der Waals surface area (Å²) in [7, 11) is 0. The van der Waals surface area contributed by atoms with Crippen molar-refractivity contribution in [2.24, 2.45) is 0 Å². The maximum Gasteiger partial charge on any atom is 0.230 e. The largest absolute Gasteiger partial charge is 0.339 e. The minimum Gasteiger partial charge on any atom is -0.339 e. The Bertz CT molecular complexity index is 1140. The Kier molecular flexibility index (Phi) is 3.82. The fourth-order valence-corrected chi connectivity index (χ4v) is 4.21. The molecule has 1 aromatic carbocycles. The molecule has 0 N–H and O–H groups in total. The molecule has 0 aliphatic heterocycles. The summed E-state index contributed by atoms with van der Waals surface area (Å²) in [6.07, 6.45) is 8.33. The molecular weight excluding hydrogens is 366 g/mol. The van der Waals surface area contributed by atoms with Gasteiger partial charge in [0.1, 0.15) is 5.69 Å². The minimum atomic E-state index is 0.206. The zero-order valence-corrected chi connectivity index (χ0v) is 16.0. The molecule has 2 aliphatic rings. The van der Waals surface area contributed by atoms with Gasteiger partial charge in [-0.05, 0) is 50.3 Å². The van der Waals surface area contributed by atoms with Crippen LogP contribution in [0.15, 0.2) is 47.1 Å². The zero-order chi connectivity index (χ0) is 19.2. The van der Waals surface area contributed by atoms with Crippen molar-refractivity contribution < 1.29 is 4.52 Å². The maximum absolute atomic E-state index is 5.65. The highest BCUT2D eigenvalue weighted by atomic mass is 16.5. The molecule has 0 saturated heterocycles. The van der Waals surface area contributed by atoms with Crippen LogP contribution in [-0.4, -0.2) is 34.9 Å². The molecule has 8 nitrogen and oxygen atoms in total. The molecule has 6 rings (SSSR count). The fourth-order valence-electron chi connectivity index (χ4n) is 4.21. The summed E-state index contributed by atoms with van der Waals surface area (Å²) in [6.45, 7) is 0. The predicted octanol–water partition coefficient (Wildman–Crippen LogP) is 3.51. The average Bonchev–Trinajstić information content (AvgIpc) is 3.47. The van der Waals surface area contributed by atoms with Crippen molar-refractivity contribution in [3.8, 4) is 17.2 Å². The molecule has 0 amide bonds. The third-order valence-corrected chi connectivity index (χ3v) is 6.09. The van der Waals surface area contributed by atoms with Crippen LogP contribution in [0.4, 0.5) is 0 Å². The molecule has 3 aromatic heterocycles. The molecule has 29 heavy (non-hydrogen) atoms. The van der Waals surface area contributed by atoms with E-state index in [0.717, 1.165) is 30.6 Å². The predicted molar refractivity (Wildman–Crippen MR) is 105 cm³/mol. The number of hydrogen-bond donors (Lipinski definition) is 0. The van der Waals surface area contributed by atoms with E-state index in [1.54, 1.807) is 0 Å². The third-order valence-electron chi connectivity index (χ3n) is 6.09. The van der Waals surface area contributed by atoms with E-state index in [0.29, 0.717) is 23.5 Å². The number of aromatic nitrogens is 7. The highest BCUT2D eigenvalue weighted by Crippen LogP contribution is 2.37. The Morgan fingerprint density at radius 2 is 1.93 bits per heavy atom. The van der Waals surface area contributed by atoms with Crippen molar-refractivity contribution in [3.63, 3.8) is 0 Å². The molecule has 0 spiro atoms. The average molecular weight is 387 g/mol. The summed E-state index contributed by atoms with van der Waals surface area (Å²) in [6, 6.07) is 12.4. The van der Waals surface area contributed by atoms with Gasteiger partial charge in [0.05, 0.1) is 23.1 Å². The second-order valence-electron chi connectivity index (χ2n) is 7.89. The van der Waals surface area contributed by atoms with Crippen molar-refractivity contribution in [1.82, 2.24) is 34.9 Å². The van der Waals surface area contributed by atoms with Crippen LogP contribution in [-0.2, 0) is 12.8 Å². The van der Waals surface area contributed by atoms with Gasteiger partial charge in [-0.3, -0.25) is 0 Å². The first kappa shape index (κ1) is 16.6. The molecule has 8 heteroatoms. The molecule has 3 heterocycles. The number of aryl methyl sites for hydroxylation is 1. The maximum atomic E-state index is 5.65. The Balaban J connectivity index is 1.24. The van der Waals surface area contributed by atoms with Gasteiger partial charge in [-0.2, -0.15) is 10.1 Å². The summed E-state index contributed by atoms with van der Waals surface area (Å²) in [4.78, 5) is 4.67. The molecule has 2 aliphatic carbocycles. The van der Waals surface area contributed by atoms with Gasteiger partial charge in [0, 0.05) is 18.5 Å². The van der Waals surface area contributed by atoms with Gasteiger partial charge >= 0.3 is 0 Å². The topological polar surface area (TPSA) is 87.5 Å². The number of fused-ring (bicyclic) bond motifs is 1. The van der Waals surface area contributed by atoms with Crippen molar-refractivity contribution in [2.75, 3.05) is 0 Å². The summed E-state index contributed by atoms with van der Waals surface area (Å²) in [5.41, 5.74) is 4.09. The lowest BCUT2D eigenvalue weighted by molar-refractivity contribution is 0.271. The van der Waals surface area contributed by atoms with Crippen LogP contribution in [0.3, 0.4) is 0 Å². The summed E-state index contributed by atoms with van der Waals surface area (Å²) < 4.78 is 9.61. The van der Waals surface area contributed by atoms with Gasteiger partial charge in [-0.1, -0.05) is 28.6 Å². The molecule has 0 radical (unpaired) electrons. The van der Waals surface area contributed by atoms with E-state index in [4.69, 9.17) is 4.52 Å². The minimum absolute atomic E-state index is 0.206. The summed E-state index contributed by atoms with van der Waals surface area (Å²) in [5, 5.41) is 17.6. The molecule has 146 valence electrons. The first-order valence-corrected chi connectivity index (χ1v) is 10.2. The van der Waals surface area contributed by atoms with Gasteiger partial charge in [-0.25, -0.2) is 9.36 Å². The van der Waals surface area contributed by atoms with Crippen LogP contribution in [0.25, 0.3) is 17.2 Å². The van der Waals surface area contributed by atoms with Crippen molar-refractivity contribution in [3.05, 3.63) is 59.9 Å². The van der Waals surface area contributed by atoms with E-state index < -0.39 is 0 Å². The Labute approximate surface area is 167 Å². The van der Waals surface area contributed by atoms with Crippen LogP contribution in [0, 0.1) is 0 Å². The zero-order valence-electron chi connectivity index (χ0n) is 16.0. The number of rotatable bonds is 4. The highest BCUT2D eigenvalue weighted by Gasteiger charge is 2.32. The third kappa shape index (κ3) is 2.86. The number of para-hydroxylation sites is 1. The number of benzene rings is 1. The normalized spacial score (nSPS) is 19.1. The Hall–Kier alpha value is -3.29. The second kappa shape index (κ2) is 6.65. The number of nitrogens with zero attached hydrogens (tertiary/aromatic N) is 7. The molecule has 1 unspecified atom stereocenters. The standard InChI is InChI=1S/C21H21N7O/c1-2-5-15(6-3-1)27-12-11-18(24-27)20-22-21(29-25-20)14-9-10-17-19(13-14)28(26-23-17)16-7-4-8-16/h1-3,5-6,11-12,14,16H,4,7-10,13H2. The van der Waals surface area contributed by atoms with Gasteiger partial charge < -0.3 is 4.52 Å². The van der Waals surface area contributed by atoms with Gasteiger partial charge in [-0.15, -0.1) is 5.10 Å². The first-order chi connectivity index (χ1) is 14.3. The van der Waals surface area contributed by atoms with Crippen LogP contribution in [0.1, 0.15) is 54.9 Å². The summed E-state index contributed by atoms with van der Waals surface area (Å²) >= 11 is 0. The van der Waals surface area contributed by atoms with Crippen molar-refractivity contribution in [2.45, 2.75) is 50.5 Å². The Morgan fingerprint density at radius 1 is 1.03 bits per heavy atom. The van der Waals surface area contributed by atoms with Crippen LogP contribution < -0.4 is 0 Å². The molecule has 1 saturated carbocycles. The molecule has 1 fully saturated rings. The smallest absolute Gasteiger partial charge is 0.230 e. The van der Waals surface area contributed by atoms with E-state index in [1.165, 1.54) is 25.0 Å². The SMILES string of the molecule is c1ccc(-n2ccc(-c3noc(C4CCc5nnn(C6CCC6)c5C4)n3)n2)cc1. The lowest BCUT2D eigenvalue weighted by Crippen LogP contribution is -2.23. The van der Waals surface area contributed by atoms with Gasteiger partial charge in [0.15, 0.2) is 0 Å². The summed E-state index contributed by atoms with van der Waals surface area (Å²) in [5.74, 6) is 1.42. The molecule has 0 bridgehead atoms. The lowest BCUT2D eigenvalue weighted by Gasteiger charge is -2.28. The Morgan fingerprint density at radius 3 is 2.76 bits per heavy atom. The van der Waals surface area contributed by atoms with Gasteiger partial charge in [0.2, 0.25) is 11.7 Å². The first-order valence-electron chi connectivity index (χ1n) is 10.2. The second-order valence-corrected chi connectivity index (χ2v) is 7.89. The fraction of sp³-hybridized carbons (Fsp3) is 0.381. The lowest BCUT2D eigenvalue weighted by atomic mass is 9.87. The molecule has 4 aromatic rings. The van der Waals surface area contributed by atoms with Crippen LogP contribution in [0.5, 0.6) is 0 Å². The molecular formula is C21H21N7O. The van der Waals surface area contributed by atoms with E-state index in [9.17, 15) is 0 Å². The van der Waals surface area contributed by atoms with Crippen molar-refractivity contribution in [1.29, 1.82) is 0 Å². The highest BCUT2D eigenvalue weighted by molar-refractivity contribution is 5.48. The van der Waals surface area contributed by atoms with E-state index in [2.05, 4.69) is 30.2 Å².